The van der Waals surface area contributed by atoms with Gasteiger partial charge < -0.3 is 10.1 Å². The maximum Gasteiger partial charge on any atom is 0.116 e. The van der Waals surface area contributed by atoms with Gasteiger partial charge in [0.15, 0.2) is 0 Å². The van der Waals surface area contributed by atoms with Crippen LogP contribution in [0.4, 0.5) is 0 Å². The molecule has 0 spiro atoms. The number of ether oxygens (including phenoxy) is 1. The molecule has 0 unspecified atom stereocenters. The fraction of sp³-hybridized carbons (Fsp3) is 0.200. The predicted octanol–water partition coefficient (Wildman–Crippen LogP) is 3.29. The maximum atomic E-state index is 5.43. The Balaban J connectivity index is 0.00000162. The van der Waals surface area contributed by atoms with E-state index in [0.29, 0.717) is 6.61 Å². The number of nitrogens with one attached hydrogen (secondary N) is 1. The van der Waals surface area contributed by atoms with Gasteiger partial charge in [0, 0.05) is 38.4 Å². The van der Waals surface area contributed by atoms with Gasteiger partial charge in [-0.15, -0.1) is 24.3 Å². The molecule has 0 aromatic heterocycles. The molecule has 0 amide bonds. The maximum absolute atomic E-state index is 5.43. The number of allylic oxidation sites excluding steroid dienone is 2. The van der Waals surface area contributed by atoms with Crippen LogP contribution in [0.25, 0.3) is 5.70 Å². The van der Waals surface area contributed by atoms with Crippen LogP contribution in [0, 0.1) is 6.08 Å². The smallest absolute Gasteiger partial charge is 0.116 e. The Kier molecular flexibility index (Phi) is 6.38. The van der Waals surface area contributed by atoms with Crippen LogP contribution in [-0.2, 0) is 32.7 Å². The minimum Gasteiger partial charge on any atom is -0.490 e. The van der Waals surface area contributed by atoms with Gasteiger partial charge in [-0.2, -0.15) is 5.56 Å². The fourth-order valence-electron chi connectivity index (χ4n) is 1.67. The molecule has 1 aliphatic heterocycles. The van der Waals surface area contributed by atoms with E-state index in [4.69, 9.17) is 4.74 Å². The van der Waals surface area contributed by atoms with Crippen molar-refractivity contribution in [2.24, 2.45) is 0 Å². The molecule has 0 saturated carbocycles. The molecule has 91 valence electrons. The minimum absolute atomic E-state index is 0. The van der Waals surface area contributed by atoms with E-state index >= 15 is 0 Å². The third-order valence-electron chi connectivity index (χ3n) is 2.54. The molecule has 0 bridgehead atoms. The Morgan fingerprint density at radius 3 is 2.67 bits per heavy atom. The molecule has 0 saturated heterocycles. The zero-order chi connectivity index (χ0) is 12.1. The molecule has 1 aliphatic rings. The van der Waals surface area contributed by atoms with Crippen molar-refractivity contribution in [1.82, 2.24) is 5.32 Å². The molecule has 1 aromatic rings. The van der Waals surface area contributed by atoms with Gasteiger partial charge >= 0.3 is 0 Å². The van der Waals surface area contributed by atoms with Crippen LogP contribution < -0.4 is 10.1 Å². The van der Waals surface area contributed by atoms with E-state index in [1.54, 1.807) is 6.08 Å². The average Bonchev–Trinajstić information content (AvgIpc) is 2.37. The van der Waals surface area contributed by atoms with Crippen LogP contribution in [0.15, 0.2) is 49.2 Å². The van der Waals surface area contributed by atoms with Gasteiger partial charge in [0.1, 0.15) is 12.4 Å². The Morgan fingerprint density at radius 1 is 1.33 bits per heavy atom. The first kappa shape index (κ1) is 15.2. The molecule has 2 nitrogen and oxygen atoms in total. The summed E-state index contributed by atoms with van der Waals surface area (Å²) in [4.78, 5) is 0. The van der Waals surface area contributed by atoms with Gasteiger partial charge in [0.05, 0.1) is 0 Å². The van der Waals surface area contributed by atoms with Crippen LogP contribution >= 0.6 is 0 Å². The molecule has 1 aromatic carbocycles. The summed E-state index contributed by atoms with van der Waals surface area (Å²) in [5.74, 6) is 0.851. The molecule has 0 atom stereocenters. The van der Waals surface area contributed by atoms with Crippen molar-refractivity contribution >= 4 is 5.70 Å². The Morgan fingerprint density at radius 2 is 2.06 bits per heavy atom. The van der Waals surface area contributed by atoms with E-state index in [2.05, 4.69) is 24.6 Å². The SMILES string of the molecule is C=CCOc1ccc(C2=[C-]CCC(=C)N2)cc1.[Y]. The number of benzene rings is 1. The second kappa shape index (κ2) is 7.55. The summed E-state index contributed by atoms with van der Waals surface area (Å²) >= 11 is 0. The fourth-order valence-corrected chi connectivity index (χ4v) is 1.67. The van der Waals surface area contributed by atoms with Gasteiger partial charge in [-0.1, -0.05) is 19.2 Å². The third kappa shape index (κ3) is 4.11. The topological polar surface area (TPSA) is 21.3 Å². The first-order valence-electron chi connectivity index (χ1n) is 5.69. The van der Waals surface area contributed by atoms with Crippen molar-refractivity contribution in [3.63, 3.8) is 0 Å². The van der Waals surface area contributed by atoms with E-state index in [-0.39, 0.29) is 32.7 Å². The van der Waals surface area contributed by atoms with Crippen LogP contribution in [0.2, 0.25) is 0 Å². The average molecular weight is 315 g/mol. The summed E-state index contributed by atoms with van der Waals surface area (Å²) in [7, 11) is 0. The quantitative estimate of drug-likeness (QED) is 0.680. The number of hydrogen-bond acceptors (Lipinski definition) is 2. The normalized spacial score (nSPS) is 14.0. The van der Waals surface area contributed by atoms with Gasteiger partial charge in [-0.3, -0.25) is 0 Å². The Bertz CT molecular complexity index is 448. The van der Waals surface area contributed by atoms with Crippen LogP contribution in [0.3, 0.4) is 0 Å². The van der Waals surface area contributed by atoms with Gasteiger partial charge in [0.2, 0.25) is 0 Å². The molecule has 18 heavy (non-hydrogen) atoms. The Labute approximate surface area is 134 Å². The standard InChI is InChI=1S/C15H16NO.Y/c1-3-11-17-14-9-7-13(8-10-14)15-6-4-5-12(2)16-15;/h3,7-10,16H,1-2,4-5,11H2;/q-1;. The zero-order valence-electron chi connectivity index (χ0n) is 10.4. The summed E-state index contributed by atoms with van der Waals surface area (Å²) in [5, 5.41) is 3.25. The molecule has 1 radical (unpaired) electrons. The number of hydrogen-bond donors (Lipinski definition) is 1. The summed E-state index contributed by atoms with van der Waals surface area (Å²) in [6.45, 7) is 8.09. The second-order valence-electron chi connectivity index (χ2n) is 3.90. The molecule has 1 heterocycles. The van der Waals surface area contributed by atoms with Crippen molar-refractivity contribution in [3.8, 4) is 5.75 Å². The molecule has 0 aliphatic carbocycles. The molecule has 3 heteroatoms. The van der Waals surface area contributed by atoms with Crippen molar-refractivity contribution in [3.05, 3.63) is 60.8 Å². The first-order valence-corrected chi connectivity index (χ1v) is 5.69. The van der Waals surface area contributed by atoms with Crippen LogP contribution in [0.5, 0.6) is 5.75 Å². The molecule has 2 rings (SSSR count). The summed E-state index contributed by atoms with van der Waals surface area (Å²) in [6.07, 6.45) is 6.94. The van der Waals surface area contributed by atoms with Gasteiger partial charge in [0.25, 0.3) is 0 Å². The van der Waals surface area contributed by atoms with Crippen LogP contribution in [-0.4, -0.2) is 6.61 Å². The molecule has 0 fully saturated rings. The van der Waals surface area contributed by atoms with Gasteiger partial charge in [-0.05, 0) is 18.6 Å². The zero-order valence-corrected chi connectivity index (χ0v) is 13.2. The third-order valence-corrected chi connectivity index (χ3v) is 2.54. The monoisotopic (exact) mass is 315 g/mol. The molecule has 1 N–H and O–H groups in total. The summed E-state index contributed by atoms with van der Waals surface area (Å²) < 4.78 is 5.43. The van der Waals surface area contributed by atoms with E-state index in [1.807, 2.05) is 24.3 Å². The minimum atomic E-state index is 0. The second-order valence-corrected chi connectivity index (χ2v) is 3.90. The van der Waals surface area contributed by atoms with E-state index in [1.165, 1.54) is 0 Å². The first-order chi connectivity index (χ1) is 8.29. The van der Waals surface area contributed by atoms with Crippen molar-refractivity contribution < 1.29 is 37.4 Å². The van der Waals surface area contributed by atoms with Gasteiger partial charge in [-0.25, -0.2) is 6.08 Å². The molecular formula is C15H16NOY-. The van der Waals surface area contributed by atoms with E-state index < -0.39 is 0 Å². The van der Waals surface area contributed by atoms with E-state index in [0.717, 1.165) is 35.5 Å². The van der Waals surface area contributed by atoms with Crippen molar-refractivity contribution in [2.45, 2.75) is 12.8 Å². The summed E-state index contributed by atoms with van der Waals surface area (Å²) in [5.41, 5.74) is 3.17. The van der Waals surface area contributed by atoms with Crippen molar-refractivity contribution in [2.75, 3.05) is 6.61 Å². The largest absolute Gasteiger partial charge is 0.490 e. The van der Waals surface area contributed by atoms with Crippen molar-refractivity contribution in [1.29, 1.82) is 0 Å². The van der Waals surface area contributed by atoms with Crippen LogP contribution in [0.1, 0.15) is 18.4 Å². The van der Waals surface area contributed by atoms with E-state index in [9.17, 15) is 0 Å². The molecular weight excluding hydrogens is 299 g/mol. The number of rotatable bonds is 4. The summed E-state index contributed by atoms with van der Waals surface area (Å²) in [6, 6.07) is 7.94. The predicted molar refractivity (Wildman–Crippen MR) is 70.3 cm³/mol. The Hall–Kier alpha value is -0.856.